The van der Waals surface area contributed by atoms with Gasteiger partial charge < -0.3 is 24.8 Å². The van der Waals surface area contributed by atoms with Gasteiger partial charge in [-0.25, -0.2) is 0 Å². The number of benzene rings is 2. The van der Waals surface area contributed by atoms with Crippen molar-refractivity contribution in [1.82, 2.24) is 10.6 Å². The third kappa shape index (κ3) is 5.65. The monoisotopic (exact) mass is 547 g/mol. The predicted octanol–water partition coefficient (Wildman–Crippen LogP) is 3.71. The van der Waals surface area contributed by atoms with Gasteiger partial charge in [0.2, 0.25) is 6.79 Å². The molecule has 146 valence electrons. The van der Waals surface area contributed by atoms with Gasteiger partial charge in [0.15, 0.2) is 17.5 Å². The molecule has 3 rings (SSSR count). The fourth-order valence-corrected chi connectivity index (χ4v) is 3.36. The highest BCUT2D eigenvalue weighted by Gasteiger charge is 2.17. The molecule has 8 heteroatoms. The number of nitrogens with zero attached hydrogens (tertiary/aromatic N) is 1. The molecule has 0 atom stereocenters. The van der Waals surface area contributed by atoms with E-state index < -0.39 is 0 Å². The van der Waals surface area contributed by atoms with E-state index in [4.69, 9.17) is 14.2 Å². The van der Waals surface area contributed by atoms with Gasteiger partial charge in [-0.15, -0.1) is 24.0 Å². The number of halogens is 2. The standard InChI is InChI=1S/C19H22BrN3O3.HI/c1-21-19(22-8-7-14-5-3-4-6-16(14)24-2)23-11-13-9-15(20)18-17(10-13)25-12-26-18;/h3-6,9-10H,7-8,11-12H2,1-2H3,(H2,21,22,23);1H. The molecule has 0 spiro atoms. The minimum absolute atomic E-state index is 0. The van der Waals surface area contributed by atoms with E-state index in [1.807, 2.05) is 30.3 Å². The Bertz CT molecular complexity index is 802. The second-order valence-corrected chi connectivity index (χ2v) is 6.58. The number of hydrogen-bond acceptors (Lipinski definition) is 4. The largest absolute Gasteiger partial charge is 0.496 e. The third-order valence-electron chi connectivity index (χ3n) is 4.05. The molecular formula is C19H23BrIN3O3. The number of rotatable bonds is 6. The van der Waals surface area contributed by atoms with Crippen LogP contribution in [0.4, 0.5) is 0 Å². The molecule has 2 N–H and O–H groups in total. The second kappa shape index (κ2) is 10.6. The van der Waals surface area contributed by atoms with E-state index in [1.54, 1.807) is 14.2 Å². The molecule has 1 heterocycles. The molecule has 2 aromatic rings. The fourth-order valence-electron chi connectivity index (χ4n) is 2.75. The van der Waals surface area contributed by atoms with Crippen molar-refractivity contribution in [3.63, 3.8) is 0 Å². The van der Waals surface area contributed by atoms with Gasteiger partial charge in [0.1, 0.15) is 5.75 Å². The van der Waals surface area contributed by atoms with Gasteiger partial charge in [0, 0.05) is 20.1 Å². The molecular weight excluding hydrogens is 525 g/mol. The summed E-state index contributed by atoms with van der Waals surface area (Å²) in [6.07, 6.45) is 0.848. The van der Waals surface area contributed by atoms with Crippen LogP contribution < -0.4 is 24.8 Å². The molecule has 0 radical (unpaired) electrons. The number of guanidine groups is 1. The van der Waals surface area contributed by atoms with E-state index in [9.17, 15) is 0 Å². The maximum Gasteiger partial charge on any atom is 0.231 e. The van der Waals surface area contributed by atoms with Crippen molar-refractivity contribution in [2.75, 3.05) is 27.5 Å². The van der Waals surface area contributed by atoms with Gasteiger partial charge in [-0.1, -0.05) is 18.2 Å². The molecule has 0 fully saturated rings. The van der Waals surface area contributed by atoms with Crippen molar-refractivity contribution in [3.05, 3.63) is 52.0 Å². The average molecular weight is 548 g/mol. The van der Waals surface area contributed by atoms with Crippen molar-refractivity contribution >= 4 is 45.9 Å². The number of para-hydroxylation sites is 1. The zero-order chi connectivity index (χ0) is 18.4. The summed E-state index contributed by atoms with van der Waals surface area (Å²) in [6, 6.07) is 12.0. The number of methoxy groups -OCH3 is 1. The quantitative estimate of drug-likeness (QED) is 0.328. The molecule has 1 aliphatic rings. The zero-order valence-electron chi connectivity index (χ0n) is 15.3. The lowest BCUT2D eigenvalue weighted by molar-refractivity contribution is 0.173. The summed E-state index contributed by atoms with van der Waals surface area (Å²) in [7, 11) is 3.45. The lowest BCUT2D eigenvalue weighted by atomic mass is 10.1. The van der Waals surface area contributed by atoms with E-state index in [2.05, 4.69) is 37.6 Å². The summed E-state index contributed by atoms with van der Waals surface area (Å²) in [5, 5.41) is 6.63. The van der Waals surface area contributed by atoms with E-state index in [0.717, 1.165) is 51.8 Å². The van der Waals surface area contributed by atoms with Gasteiger partial charge in [-0.3, -0.25) is 4.99 Å². The van der Waals surface area contributed by atoms with E-state index in [-0.39, 0.29) is 30.8 Å². The summed E-state index contributed by atoms with van der Waals surface area (Å²) in [5.74, 6) is 3.17. The summed E-state index contributed by atoms with van der Waals surface area (Å²) < 4.78 is 17.1. The van der Waals surface area contributed by atoms with E-state index in [1.165, 1.54) is 0 Å². The molecule has 0 aromatic heterocycles. The number of fused-ring (bicyclic) bond motifs is 1. The Hall–Kier alpha value is -1.68. The van der Waals surface area contributed by atoms with E-state index in [0.29, 0.717) is 6.54 Å². The maximum atomic E-state index is 5.45. The molecule has 6 nitrogen and oxygen atoms in total. The highest BCUT2D eigenvalue weighted by Crippen LogP contribution is 2.39. The first-order chi connectivity index (χ1) is 12.7. The van der Waals surface area contributed by atoms with Gasteiger partial charge in [0.05, 0.1) is 11.6 Å². The van der Waals surface area contributed by atoms with Crippen LogP contribution in [0.3, 0.4) is 0 Å². The first kappa shape index (κ1) is 21.6. The molecule has 0 amide bonds. The van der Waals surface area contributed by atoms with Crippen LogP contribution in [-0.4, -0.2) is 33.5 Å². The molecule has 0 unspecified atom stereocenters. The fraction of sp³-hybridized carbons (Fsp3) is 0.316. The molecule has 0 bridgehead atoms. The Morgan fingerprint density at radius 3 is 2.81 bits per heavy atom. The first-order valence-corrected chi connectivity index (χ1v) is 9.15. The minimum atomic E-state index is 0. The topological polar surface area (TPSA) is 64.1 Å². The van der Waals surface area contributed by atoms with Crippen LogP contribution in [0.25, 0.3) is 0 Å². The minimum Gasteiger partial charge on any atom is -0.496 e. The Morgan fingerprint density at radius 2 is 2.04 bits per heavy atom. The van der Waals surface area contributed by atoms with E-state index >= 15 is 0 Å². The van der Waals surface area contributed by atoms with Crippen LogP contribution in [0, 0.1) is 0 Å². The smallest absolute Gasteiger partial charge is 0.231 e. The predicted molar refractivity (Wildman–Crippen MR) is 121 cm³/mol. The lowest BCUT2D eigenvalue weighted by Crippen LogP contribution is -2.37. The highest BCUT2D eigenvalue weighted by molar-refractivity contribution is 14.0. The highest BCUT2D eigenvalue weighted by atomic mass is 127. The molecule has 0 saturated heterocycles. The van der Waals surface area contributed by atoms with Crippen molar-refractivity contribution < 1.29 is 14.2 Å². The number of aliphatic imine (C=N–C) groups is 1. The Morgan fingerprint density at radius 1 is 1.22 bits per heavy atom. The molecule has 27 heavy (non-hydrogen) atoms. The zero-order valence-corrected chi connectivity index (χ0v) is 19.2. The van der Waals surface area contributed by atoms with Gasteiger partial charge >= 0.3 is 0 Å². The van der Waals surface area contributed by atoms with Crippen molar-refractivity contribution in [2.45, 2.75) is 13.0 Å². The van der Waals surface area contributed by atoms with Crippen LogP contribution in [0.15, 0.2) is 45.9 Å². The Balaban J connectivity index is 0.00000261. The van der Waals surface area contributed by atoms with Crippen LogP contribution in [0.5, 0.6) is 17.2 Å². The third-order valence-corrected chi connectivity index (χ3v) is 4.64. The van der Waals surface area contributed by atoms with Crippen LogP contribution in [0.2, 0.25) is 0 Å². The van der Waals surface area contributed by atoms with Crippen molar-refractivity contribution in [1.29, 1.82) is 0 Å². The van der Waals surface area contributed by atoms with Gasteiger partial charge in [-0.05, 0) is 51.7 Å². The number of ether oxygens (including phenoxy) is 3. The summed E-state index contributed by atoms with van der Waals surface area (Å²) in [4.78, 5) is 4.27. The van der Waals surface area contributed by atoms with Crippen LogP contribution in [-0.2, 0) is 13.0 Å². The average Bonchev–Trinajstić information content (AvgIpc) is 3.14. The van der Waals surface area contributed by atoms with Crippen molar-refractivity contribution in [2.24, 2.45) is 4.99 Å². The summed E-state index contributed by atoms with van der Waals surface area (Å²) in [5.41, 5.74) is 2.24. The molecule has 1 aliphatic heterocycles. The number of nitrogens with one attached hydrogen (secondary N) is 2. The van der Waals surface area contributed by atoms with Crippen molar-refractivity contribution in [3.8, 4) is 17.2 Å². The molecule has 2 aromatic carbocycles. The van der Waals surface area contributed by atoms with Gasteiger partial charge in [-0.2, -0.15) is 0 Å². The summed E-state index contributed by atoms with van der Waals surface area (Å²) in [6.45, 7) is 1.64. The normalized spacial score (nSPS) is 12.3. The SMILES string of the molecule is CN=C(NCCc1ccccc1OC)NCc1cc(Br)c2c(c1)OCO2.I. The lowest BCUT2D eigenvalue weighted by Gasteiger charge is -2.13. The Kier molecular flexibility index (Phi) is 8.49. The second-order valence-electron chi connectivity index (χ2n) is 5.73. The van der Waals surface area contributed by atoms with Crippen LogP contribution >= 0.6 is 39.9 Å². The first-order valence-electron chi connectivity index (χ1n) is 8.35. The van der Waals surface area contributed by atoms with Gasteiger partial charge in [0.25, 0.3) is 0 Å². The maximum absolute atomic E-state index is 5.45. The Labute approximate surface area is 184 Å². The van der Waals surface area contributed by atoms with Crippen LogP contribution in [0.1, 0.15) is 11.1 Å². The number of hydrogen-bond donors (Lipinski definition) is 2. The molecule has 0 saturated carbocycles. The molecule has 0 aliphatic carbocycles. The summed E-state index contributed by atoms with van der Waals surface area (Å²) >= 11 is 3.51.